The molecule has 0 fully saturated rings. The zero-order valence-electron chi connectivity index (χ0n) is 12.7. The molecule has 0 aliphatic heterocycles. The van der Waals surface area contributed by atoms with Gasteiger partial charge in [-0.2, -0.15) is 0 Å². The molecule has 0 atom stereocenters. The molecule has 1 aromatic heterocycles. The van der Waals surface area contributed by atoms with Gasteiger partial charge in [0.25, 0.3) is 5.91 Å². The van der Waals surface area contributed by atoms with E-state index in [4.69, 9.17) is 12.2 Å². The van der Waals surface area contributed by atoms with Crippen LogP contribution in [0.25, 0.3) is 5.69 Å². The lowest BCUT2D eigenvalue weighted by atomic mass is 10.1. The van der Waals surface area contributed by atoms with Gasteiger partial charge in [-0.3, -0.25) is 9.36 Å². The lowest BCUT2D eigenvalue weighted by Gasteiger charge is -2.10. The van der Waals surface area contributed by atoms with Crippen LogP contribution in [-0.4, -0.2) is 15.5 Å². The van der Waals surface area contributed by atoms with Gasteiger partial charge in [0, 0.05) is 18.4 Å². The number of carbonyl (C=O) groups excluding carboxylic acids is 1. The largest absolute Gasteiger partial charge is 0.347 e. The van der Waals surface area contributed by atoms with E-state index in [9.17, 15) is 4.79 Å². The number of benzene rings is 2. The van der Waals surface area contributed by atoms with Crippen molar-refractivity contribution in [2.24, 2.45) is 0 Å². The Morgan fingerprint density at radius 3 is 2.57 bits per heavy atom. The van der Waals surface area contributed by atoms with Crippen LogP contribution in [0.4, 0.5) is 0 Å². The fourth-order valence-electron chi connectivity index (χ4n) is 2.44. The van der Waals surface area contributed by atoms with Crippen molar-refractivity contribution in [2.45, 2.75) is 13.5 Å². The molecular weight excluding hydrogens is 306 g/mol. The predicted octanol–water partition coefficient (Wildman–Crippen LogP) is 3.77. The molecule has 4 nitrogen and oxygen atoms in total. The molecule has 3 aromatic rings. The number of hydrogen-bond donors (Lipinski definition) is 2. The maximum Gasteiger partial charge on any atom is 0.270 e. The first-order valence-corrected chi connectivity index (χ1v) is 7.76. The summed E-state index contributed by atoms with van der Waals surface area (Å²) >= 11 is 5.30. The fourth-order valence-corrected chi connectivity index (χ4v) is 2.71. The Kier molecular flexibility index (Phi) is 4.39. The summed E-state index contributed by atoms with van der Waals surface area (Å²) in [5.41, 5.74) is 3.61. The van der Waals surface area contributed by atoms with Crippen LogP contribution in [-0.2, 0) is 6.54 Å². The summed E-state index contributed by atoms with van der Waals surface area (Å²) < 4.78 is 2.24. The van der Waals surface area contributed by atoms with E-state index in [0.717, 1.165) is 16.8 Å². The fraction of sp³-hybridized carbons (Fsp3) is 0.111. The molecule has 0 aliphatic rings. The third-order valence-corrected chi connectivity index (χ3v) is 4.02. The number of nitrogens with zero attached hydrogens (tertiary/aromatic N) is 1. The smallest absolute Gasteiger partial charge is 0.270 e. The van der Waals surface area contributed by atoms with Crippen LogP contribution >= 0.6 is 12.2 Å². The second-order valence-electron chi connectivity index (χ2n) is 5.26. The van der Waals surface area contributed by atoms with Crippen LogP contribution in [0.15, 0.2) is 60.8 Å². The van der Waals surface area contributed by atoms with E-state index in [1.807, 2.05) is 61.5 Å². The van der Waals surface area contributed by atoms with Crippen molar-refractivity contribution >= 4 is 18.1 Å². The molecule has 2 N–H and O–H groups in total. The number of aromatic amines is 1. The van der Waals surface area contributed by atoms with E-state index in [1.54, 1.807) is 10.8 Å². The zero-order valence-corrected chi connectivity index (χ0v) is 13.6. The number of nitrogens with one attached hydrogen (secondary N) is 2. The van der Waals surface area contributed by atoms with Crippen LogP contribution in [0.1, 0.15) is 21.6 Å². The Balaban J connectivity index is 1.84. The van der Waals surface area contributed by atoms with E-state index in [2.05, 4.69) is 10.3 Å². The predicted molar refractivity (Wildman–Crippen MR) is 93.3 cm³/mol. The summed E-state index contributed by atoms with van der Waals surface area (Å²) in [7, 11) is 0. The first-order valence-electron chi connectivity index (χ1n) is 7.35. The first kappa shape index (κ1) is 15.2. The molecule has 0 saturated heterocycles. The maximum atomic E-state index is 12.5. The second kappa shape index (κ2) is 6.62. The molecule has 5 heteroatoms. The van der Waals surface area contributed by atoms with Crippen molar-refractivity contribution in [1.29, 1.82) is 0 Å². The molecule has 0 saturated carbocycles. The number of aromatic nitrogens is 2. The summed E-state index contributed by atoms with van der Waals surface area (Å²) in [4.78, 5) is 15.5. The number of rotatable bonds is 4. The van der Waals surface area contributed by atoms with Crippen LogP contribution in [0.2, 0.25) is 0 Å². The van der Waals surface area contributed by atoms with E-state index in [1.165, 1.54) is 0 Å². The summed E-state index contributed by atoms with van der Waals surface area (Å²) in [6, 6.07) is 17.6. The van der Waals surface area contributed by atoms with Crippen molar-refractivity contribution in [3.8, 4) is 5.69 Å². The number of para-hydroxylation sites is 1. The molecule has 3 rings (SSSR count). The highest BCUT2D eigenvalue weighted by molar-refractivity contribution is 7.71. The van der Waals surface area contributed by atoms with Crippen LogP contribution in [0.5, 0.6) is 0 Å². The molecule has 116 valence electrons. The van der Waals surface area contributed by atoms with Crippen molar-refractivity contribution < 1.29 is 4.79 Å². The molecule has 1 heterocycles. The summed E-state index contributed by atoms with van der Waals surface area (Å²) in [6.45, 7) is 2.52. The minimum atomic E-state index is -0.163. The molecule has 0 bridgehead atoms. The maximum absolute atomic E-state index is 12.5. The highest BCUT2D eigenvalue weighted by Gasteiger charge is 2.14. The van der Waals surface area contributed by atoms with Crippen molar-refractivity contribution in [3.05, 3.63) is 82.4 Å². The lowest BCUT2D eigenvalue weighted by molar-refractivity contribution is 0.0944. The Morgan fingerprint density at radius 1 is 1.13 bits per heavy atom. The molecule has 1 amide bonds. The summed E-state index contributed by atoms with van der Waals surface area (Å²) in [5.74, 6) is -0.163. The molecule has 0 spiro atoms. The van der Waals surface area contributed by atoms with Gasteiger partial charge in [-0.05, 0) is 42.4 Å². The Hall–Kier alpha value is -2.66. The standard InChI is InChI=1S/C18H17N3OS/c1-13-7-5-6-8-14(13)11-19-17(22)16-12-20-18(23)21(16)15-9-3-2-4-10-15/h2-10,12H,11H2,1H3,(H,19,22)(H,20,23). The number of hydrogen-bond acceptors (Lipinski definition) is 2. The monoisotopic (exact) mass is 323 g/mol. The van der Waals surface area contributed by atoms with Gasteiger partial charge in [0.2, 0.25) is 0 Å². The molecule has 0 aliphatic carbocycles. The average molecular weight is 323 g/mol. The average Bonchev–Trinajstić information content (AvgIpc) is 2.96. The summed E-state index contributed by atoms with van der Waals surface area (Å²) in [6.07, 6.45) is 1.64. The van der Waals surface area contributed by atoms with E-state index >= 15 is 0 Å². The number of H-pyrrole nitrogens is 1. The van der Waals surface area contributed by atoms with Crippen LogP contribution in [0.3, 0.4) is 0 Å². The Bertz CT molecular complexity index is 881. The van der Waals surface area contributed by atoms with Gasteiger partial charge in [0.1, 0.15) is 5.69 Å². The molecular formula is C18H17N3OS. The second-order valence-corrected chi connectivity index (χ2v) is 5.65. The highest BCUT2D eigenvalue weighted by atomic mass is 32.1. The summed E-state index contributed by atoms with van der Waals surface area (Å²) in [5, 5.41) is 2.95. The molecule has 23 heavy (non-hydrogen) atoms. The number of aryl methyl sites for hydroxylation is 1. The number of amides is 1. The Labute approximate surface area is 139 Å². The number of imidazole rings is 1. The van der Waals surface area contributed by atoms with Gasteiger partial charge >= 0.3 is 0 Å². The number of carbonyl (C=O) groups is 1. The first-order chi connectivity index (χ1) is 11.2. The van der Waals surface area contributed by atoms with Gasteiger partial charge in [-0.15, -0.1) is 0 Å². The van der Waals surface area contributed by atoms with E-state index in [-0.39, 0.29) is 5.91 Å². The zero-order chi connectivity index (χ0) is 16.2. The molecule has 2 aromatic carbocycles. The third kappa shape index (κ3) is 3.24. The normalized spacial score (nSPS) is 10.5. The SMILES string of the molecule is Cc1ccccc1CNC(=O)c1c[nH]c(=S)n1-c1ccccc1. The van der Waals surface area contributed by atoms with E-state index in [0.29, 0.717) is 17.0 Å². The van der Waals surface area contributed by atoms with Crippen LogP contribution in [0, 0.1) is 11.7 Å². The van der Waals surface area contributed by atoms with Crippen molar-refractivity contribution in [3.63, 3.8) is 0 Å². The minimum absolute atomic E-state index is 0.163. The van der Waals surface area contributed by atoms with Gasteiger partial charge < -0.3 is 10.3 Å². The van der Waals surface area contributed by atoms with Crippen molar-refractivity contribution in [2.75, 3.05) is 0 Å². The quantitative estimate of drug-likeness (QED) is 0.718. The highest BCUT2D eigenvalue weighted by Crippen LogP contribution is 2.13. The van der Waals surface area contributed by atoms with Gasteiger partial charge in [-0.1, -0.05) is 42.5 Å². The third-order valence-electron chi connectivity index (χ3n) is 3.72. The molecule has 0 unspecified atom stereocenters. The topological polar surface area (TPSA) is 49.8 Å². The van der Waals surface area contributed by atoms with Gasteiger partial charge in [-0.25, -0.2) is 0 Å². The minimum Gasteiger partial charge on any atom is -0.347 e. The Morgan fingerprint density at radius 2 is 1.83 bits per heavy atom. The van der Waals surface area contributed by atoms with Crippen LogP contribution < -0.4 is 5.32 Å². The van der Waals surface area contributed by atoms with Gasteiger partial charge in [0.05, 0.1) is 0 Å². The lowest BCUT2D eigenvalue weighted by Crippen LogP contribution is -2.25. The van der Waals surface area contributed by atoms with Gasteiger partial charge in [0.15, 0.2) is 4.77 Å². The molecule has 0 radical (unpaired) electrons. The van der Waals surface area contributed by atoms with Crippen molar-refractivity contribution in [1.82, 2.24) is 14.9 Å². The van der Waals surface area contributed by atoms with E-state index < -0.39 is 0 Å².